The molecule has 0 aliphatic heterocycles. The van der Waals surface area contributed by atoms with Crippen molar-refractivity contribution in [2.45, 2.75) is 26.4 Å². The first-order valence-electron chi connectivity index (χ1n) is 5.56. The highest BCUT2D eigenvalue weighted by Gasteiger charge is 2.12. The molecular weight excluding hydrogens is 240 g/mol. The van der Waals surface area contributed by atoms with Crippen LogP contribution in [0.25, 0.3) is 0 Å². The van der Waals surface area contributed by atoms with Gasteiger partial charge in [-0.25, -0.2) is 0 Å². The topological polar surface area (TPSA) is 62.2 Å². The molecule has 0 spiro atoms. The van der Waals surface area contributed by atoms with Crippen LogP contribution in [-0.2, 0) is 0 Å². The average Bonchev–Trinajstić information content (AvgIpc) is 2.25. The van der Waals surface area contributed by atoms with Crippen molar-refractivity contribution in [2.75, 3.05) is 6.54 Å². The lowest BCUT2D eigenvalue weighted by Crippen LogP contribution is -2.33. The van der Waals surface area contributed by atoms with E-state index in [-0.39, 0.29) is 12.5 Å². The van der Waals surface area contributed by atoms with Crippen molar-refractivity contribution < 1.29 is 9.90 Å². The smallest absolute Gasteiger partial charge is 0.254 e. The minimum absolute atomic E-state index is 0.224. The number of carbonyl (C=O) groups excluding carboxylic acids is 1. The van der Waals surface area contributed by atoms with Crippen molar-refractivity contribution >= 4 is 17.5 Å². The molecule has 1 atom stereocenters. The molecule has 0 saturated carbocycles. The molecule has 94 valence electrons. The lowest BCUT2D eigenvalue weighted by molar-refractivity contribution is 0.0900. The fourth-order valence-electron chi connectivity index (χ4n) is 1.48. The van der Waals surface area contributed by atoms with Crippen molar-refractivity contribution in [1.82, 2.24) is 10.3 Å². The van der Waals surface area contributed by atoms with E-state index >= 15 is 0 Å². The Morgan fingerprint density at radius 3 is 2.88 bits per heavy atom. The van der Waals surface area contributed by atoms with Crippen molar-refractivity contribution in [3.8, 4) is 0 Å². The molecule has 2 N–H and O–H groups in total. The molecule has 1 aromatic rings. The number of aliphatic hydroxyl groups is 1. The molecule has 0 aliphatic carbocycles. The Morgan fingerprint density at radius 2 is 2.29 bits per heavy atom. The summed E-state index contributed by atoms with van der Waals surface area (Å²) < 4.78 is 0. The molecule has 1 amide bonds. The summed E-state index contributed by atoms with van der Waals surface area (Å²) in [7, 11) is 0. The summed E-state index contributed by atoms with van der Waals surface area (Å²) >= 11 is 5.86. The fourth-order valence-corrected chi connectivity index (χ4v) is 1.67. The molecule has 5 heteroatoms. The van der Waals surface area contributed by atoms with E-state index in [9.17, 15) is 9.90 Å². The van der Waals surface area contributed by atoms with Gasteiger partial charge in [-0.15, -0.1) is 0 Å². The van der Waals surface area contributed by atoms with Crippen LogP contribution in [0, 0.1) is 5.92 Å². The van der Waals surface area contributed by atoms with Gasteiger partial charge in [0, 0.05) is 18.9 Å². The molecule has 0 radical (unpaired) electrons. The van der Waals surface area contributed by atoms with E-state index in [1.54, 1.807) is 6.07 Å². The molecule has 0 aromatic carbocycles. The van der Waals surface area contributed by atoms with Gasteiger partial charge in [-0.1, -0.05) is 25.4 Å². The van der Waals surface area contributed by atoms with E-state index < -0.39 is 6.10 Å². The lowest BCUT2D eigenvalue weighted by atomic mass is 10.1. The fraction of sp³-hybridized carbons (Fsp3) is 0.500. The Labute approximate surface area is 106 Å². The predicted molar refractivity (Wildman–Crippen MR) is 67.0 cm³/mol. The van der Waals surface area contributed by atoms with Crippen LogP contribution in [0.5, 0.6) is 0 Å². The van der Waals surface area contributed by atoms with Crippen LogP contribution in [0.1, 0.15) is 30.6 Å². The number of hydrogen-bond acceptors (Lipinski definition) is 3. The quantitative estimate of drug-likeness (QED) is 0.846. The van der Waals surface area contributed by atoms with Gasteiger partial charge < -0.3 is 10.4 Å². The van der Waals surface area contributed by atoms with Crippen molar-refractivity contribution in [3.05, 3.63) is 29.0 Å². The largest absolute Gasteiger partial charge is 0.391 e. The number of pyridine rings is 1. The Hall–Kier alpha value is -1.13. The third kappa shape index (κ3) is 4.71. The number of aliphatic hydroxyl groups excluding tert-OH is 1. The Kier molecular flexibility index (Phi) is 5.38. The molecule has 0 saturated heterocycles. The van der Waals surface area contributed by atoms with Gasteiger partial charge in [0.05, 0.1) is 16.7 Å². The minimum atomic E-state index is -0.533. The van der Waals surface area contributed by atoms with Gasteiger partial charge in [0.1, 0.15) is 0 Å². The van der Waals surface area contributed by atoms with Crippen LogP contribution in [0.2, 0.25) is 5.02 Å². The van der Waals surface area contributed by atoms with Crippen LogP contribution in [-0.4, -0.2) is 28.6 Å². The highest BCUT2D eigenvalue weighted by Crippen LogP contribution is 2.13. The molecule has 0 aliphatic rings. The molecule has 1 aromatic heterocycles. The number of rotatable bonds is 5. The van der Waals surface area contributed by atoms with Gasteiger partial charge in [-0.2, -0.15) is 0 Å². The number of aromatic nitrogens is 1. The summed E-state index contributed by atoms with van der Waals surface area (Å²) in [5, 5.41) is 12.6. The molecule has 1 unspecified atom stereocenters. The van der Waals surface area contributed by atoms with E-state index in [0.717, 1.165) is 0 Å². The summed E-state index contributed by atoms with van der Waals surface area (Å²) in [4.78, 5) is 15.5. The maximum atomic E-state index is 11.7. The van der Waals surface area contributed by atoms with Crippen LogP contribution in [0.4, 0.5) is 0 Å². The summed E-state index contributed by atoms with van der Waals surface area (Å²) in [6.45, 7) is 4.26. The lowest BCUT2D eigenvalue weighted by Gasteiger charge is -2.14. The van der Waals surface area contributed by atoms with Crippen LogP contribution in [0.3, 0.4) is 0 Å². The van der Waals surface area contributed by atoms with Crippen LogP contribution < -0.4 is 5.32 Å². The molecule has 1 heterocycles. The zero-order valence-corrected chi connectivity index (χ0v) is 10.7. The zero-order valence-electron chi connectivity index (χ0n) is 9.98. The Balaban J connectivity index is 2.48. The van der Waals surface area contributed by atoms with E-state index in [0.29, 0.717) is 22.9 Å². The van der Waals surface area contributed by atoms with Crippen molar-refractivity contribution in [2.24, 2.45) is 5.92 Å². The number of hydrogen-bond donors (Lipinski definition) is 2. The van der Waals surface area contributed by atoms with Crippen LogP contribution in [0.15, 0.2) is 18.5 Å². The first kappa shape index (κ1) is 13.9. The maximum absolute atomic E-state index is 11.7. The SMILES string of the molecule is CC(C)CC(O)CNC(=O)c1cnccc1Cl. The Morgan fingerprint density at radius 1 is 1.59 bits per heavy atom. The van der Waals surface area contributed by atoms with E-state index in [1.807, 2.05) is 13.8 Å². The second-order valence-corrected chi connectivity index (χ2v) is 4.76. The molecule has 0 bridgehead atoms. The molecule has 1 rings (SSSR count). The summed E-state index contributed by atoms with van der Waals surface area (Å²) in [6, 6.07) is 1.56. The Bertz CT molecular complexity index is 383. The number of nitrogens with one attached hydrogen (secondary N) is 1. The normalized spacial score (nSPS) is 12.5. The summed E-state index contributed by atoms with van der Waals surface area (Å²) in [5.41, 5.74) is 0.325. The molecule has 17 heavy (non-hydrogen) atoms. The van der Waals surface area contributed by atoms with Gasteiger partial charge in [0.2, 0.25) is 0 Å². The van der Waals surface area contributed by atoms with Crippen molar-refractivity contribution in [3.63, 3.8) is 0 Å². The van der Waals surface area contributed by atoms with Crippen molar-refractivity contribution in [1.29, 1.82) is 0 Å². The molecule has 4 nitrogen and oxygen atoms in total. The number of nitrogens with zero attached hydrogens (tertiary/aromatic N) is 1. The second-order valence-electron chi connectivity index (χ2n) is 4.35. The third-order valence-electron chi connectivity index (χ3n) is 2.25. The van der Waals surface area contributed by atoms with E-state index in [4.69, 9.17) is 11.6 Å². The first-order valence-corrected chi connectivity index (χ1v) is 5.94. The van der Waals surface area contributed by atoms with Crippen LogP contribution >= 0.6 is 11.6 Å². The standard InChI is InChI=1S/C12H17ClN2O2/c1-8(2)5-9(16)6-15-12(17)10-7-14-4-3-11(10)13/h3-4,7-9,16H,5-6H2,1-2H3,(H,15,17). The second kappa shape index (κ2) is 6.57. The monoisotopic (exact) mass is 256 g/mol. The number of carbonyl (C=O) groups is 1. The van der Waals surface area contributed by atoms with Gasteiger partial charge in [-0.3, -0.25) is 9.78 Å². The van der Waals surface area contributed by atoms with Gasteiger partial charge in [-0.05, 0) is 18.4 Å². The maximum Gasteiger partial charge on any atom is 0.254 e. The minimum Gasteiger partial charge on any atom is -0.391 e. The van der Waals surface area contributed by atoms with Gasteiger partial charge >= 0.3 is 0 Å². The van der Waals surface area contributed by atoms with E-state index in [1.165, 1.54) is 12.4 Å². The first-order chi connectivity index (χ1) is 8.00. The van der Waals surface area contributed by atoms with Gasteiger partial charge in [0.15, 0.2) is 0 Å². The highest BCUT2D eigenvalue weighted by atomic mass is 35.5. The zero-order chi connectivity index (χ0) is 12.8. The molecule has 0 fully saturated rings. The average molecular weight is 257 g/mol. The third-order valence-corrected chi connectivity index (χ3v) is 2.58. The summed E-state index contributed by atoms with van der Waals surface area (Å²) in [6.07, 6.45) is 3.05. The predicted octanol–water partition coefficient (Wildman–Crippen LogP) is 1.87. The van der Waals surface area contributed by atoms with Gasteiger partial charge in [0.25, 0.3) is 5.91 Å². The molecular formula is C12H17ClN2O2. The van der Waals surface area contributed by atoms with E-state index in [2.05, 4.69) is 10.3 Å². The number of amides is 1. The summed E-state index contributed by atoms with van der Waals surface area (Å²) in [5.74, 6) is 0.0785. The number of halogens is 1. The highest BCUT2D eigenvalue weighted by molar-refractivity contribution is 6.33.